The van der Waals surface area contributed by atoms with Crippen LogP contribution in [0.15, 0.2) is 29.2 Å². The maximum absolute atomic E-state index is 12.5. The van der Waals surface area contributed by atoms with Gasteiger partial charge in [-0.05, 0) is 66.5 Å². The summed E-state index contributed by atoms with van der Waals surface area (Å²) in [6, 6.07) is 5.68. The second-order valence-corrected chi connectivity index (χ2v) is 6.60. The van der Waals surface area contributed by atoms with E-state index in [1.165, 1.54) is 12.8 Å². The van der Waals surface area contributed by atoms with Gasteiger partial charge in [0.2, 0.25) is 5.43 Å². The molecule has 0 radical (unpaired) electrons. The molecule has 1 saturated carbocycles. The third-order valence-corrected chi connectivity index (χ3v) is 4.36. The number of hydrogen-bond donors (Lipinski definition) is 0. The van der Waals surface area contributed by atoms with Gasteiger partial charge in [-0.25, -0.2) is 4.79 Å². The van der Waals surface area contributed by atoms with Gasteiger partial charge in [-0.1, -0.05) is 0 Å². The molecule has 1 aromatic carbocycles. The predicted molar refractivity (Wildman–Crippen MR) is 89.6 cm³/mol. The highest BCUT2D eigenvalue weighted by atomic mass is 127. The molecule has 1 aliphatic rings. The minimum Gasteiger partial charge on any atom is -0.462 e. The Hall–Kier alpha value is -1.37. The first kappa shape index (κ1) is 14.6. The van der Waals surface area contributed by atoms with Gasteiger partial charge in [0, 0.05) is 21.7 Å². The van der Waals surface area contributed by atoms with Crippen LogP contribution in [0.3, 0.4) is 0 Å². The number of aromatic nitrogens is 1. The molecule has 21 heavy (non-hydrogen) atoms. The number of carbonyl (C=O) groups is 1. The van der Waals surface area contributed by atoms with Crippen LogP contribution < -0.4 is 5.43 Å². The zero-order valence-corrected chi connectivity index (χ0v) is 13.9. The van der Waals surface area contributed by atoms with Crippen molar-refractivity contribution in [1.29, 1.82) is 0 Å². The van der Waals surface area contributed by atoms with Crippen molar-refractivity contribution >= 4 is 39.5 Å². The molecule has 0 amide bonds. The molecule has 0 aliphatic heterocycles. The van der Waals surface area contributed by atoms with E-state index >= 15 is 0 Å². The number of benzene rings is 1. The molecule has 0 saturated heterocycles. The summed E-state index contributed by atoms with van der Waals surface area (Å²) in [5.41, 5.74) is 0.782. The normalized spacial score (nSPS) is 14.4. The van der Waals surface area contributed by atoms with Gasteiger partial charge in [0.25, 0.3) is 0 Å². The first-order valence-electron chi connectivity index (χ1n) is 7.10. The molecular weight excluding hydrogens is 381 g/mol. The quantitative estimate of drug-likeness (QED) is 0.588. The van der Waals surface area contributed by atoms with Crippen LogP contribution in [0.25, 0.3) is 10.9 Å². The number of hydrogen-bond acceptors (Lipinski definition) is 3. The molecule has 1 aliphatic carbocycles. The molecular formula is C16H16INO3. The Morgan fingerprint density at radius 3 is 2.86 bits per heavy atom. The van der Waals surface area contributed by atoms with E-state index < -0.39 is 5.97 Å². The molecule has 1 aromatic heterocycles. The maximum atomic E-state index is 12.5. The molecule has 5 heteroatoms. The maximum Gasteiger partial charge on any atom is 0.343 e. The van der Waals surface area contributed by atoms with Gasteiger partial charge in [0.1, 0.15) is 5.56 Å². The summed E-state index contributed by atoms with van der Waals surface area (Å²) in [7, 11) is 0. The molecule has 0 atom stereocenters. The third-order valence-electron chi connectivity index (χ3n) is 3.69. The van der Waals surface area contributed by atoms with Gasteiger partial charge in [-0.2, -0.15) is 0 Å². The monoisotopic (exact) mass is 397 g/mol. The van der Waals surface area contributed by atoms with Crippen molar-refractivity contribution in [3.8, 4) is 0 Å². The minimum atomic E-state index is -0.535. The van der Waals surface area contributed by atoms with Gasteiger partial charge in [-0.3, -0.25) is 4.79 Å². The number of pyridine rings is 1. The second kappa shape index (κ2) is 5.79. The van der Waals surface area contributed by atoms with E-state index in [9.17, 15) is 9.59 Å². The average Bonchev–Trinajstić information content (AvgIpc) is 3.26. The largest absolute Gasteiger partial charge is 0.462 e. The number of ether oxygens (including phenoxy) is 1. The van der Waals surface area contributed by atoms with Crippen LogP contribution in [0.2, 0.25) is 0 Å². The fraction of sp³-hybridized carbons (Fsp3) is 0.375. The average molecular weight is 397 g/mol. The number of carbonyl (C=O) groups excluding carboxylic acids is 1. The van der Waals surface area contributed by atoms with E-state index in [1.807, 2.05) is 16.7 Å². The Labute approximate surface area is 136 Å². The summed E-state index contributed by atoms with van der Waals surface area (Å²) < 4.78 is 8.11. The standard InChI is InChI=1S/C16H16INO3/c1-2-21-16(20)13-9-18(8-10-3-4-10)14-7-11(17)5-6-12(14)15(13)19/h5-7,9-10H,2-4,8H2,1H3. The molecule has 0 unspecified atom stereocenters. The Morgan fingerprint density at radius 2 is 2.19 bits per heavy atom. The van der Waals surface area contributed by atoms with Crippen LogP contribution in [0, 0.1) is 9.49 Å². The number of nitrogens with zero attached hydrogens (tertiary/aromatic N) is 1. The highest BCUT2D eigenvalue weighted by Gasteiger charge is 2.24. The van der Waals surface area contributed by atoms with E-state index in [4.69, 9.17) is 4.74 Å². The molecule has 1 heterocycles. The SMILES string of the molecule is CCOC(=O)c1cn(CC2CC2)c2cc(I)ccc2c1=O. The topological polar surface area (TPSA) is 48.3 Å². The highest BCUT2D eigenvalue weighted by molar-refractivity contribution is 14.1. The Morgan fingerprint density at radius 1 is 1.43 bits per heavy atom. The molecule has 110 valence electrons. The van der Waals surface area contributed by atoms with Gasteiger partial charge in [-0.15, -0.1) is 0 Å². The van der Waals surface area contributed by atoms with Gasteiger partial charge >= 0.3 is 5.97 Å². The van der Waals surface area contributed by atoms with E-state index in [-0.39, 0.29) is 17.6 Å². The number of rotatable bonds is 4. The Balaban J connectivity index is 2.20. The highest BCUT2D eigenvalue weighted by Crippen LogP contribution is 2.31. The zero-order valence-electron chi connectivity index (χ0n) is 11.8. The molecule has 0 spiro atoms. The summed E-state index contributed by atoms with van der Waals surface area (Å²) in [6.45, 7) is 2.86. The van der Waals surface area contributed by atoms with Crippen LogP contribution in [-0.2, 0) is 11.3 Å². The molecule has 1 fully saturated rings. The first-order chi connectivity index (χ1) is 10.1. The fourth-order valence-corrected chi connectivity index (χ4v) is 2.92. The van der Waals surface area contributed by atoms with Crippen LogP contribution >= 0.6 is 22.6 Å². The molecule has 2 aromatic rings. The summed E-state index contributed by atoms with van der Waals surface area (Å²) in [5.74, 6) is 0.121. The van der Waals surface area contributed by atoms with Crippen molar-refractivity contribution in [2.75, 3.05) is 6.61 Å². The van der Waals surface area contributed by atoms with Gasteiger partial charge < -0.3 is 9.30 Å². The van der Waals surface area contributed by atoms with Gasteiger partial charge in [0.05, 0.1) is 12.1 Å². The van der Waals surface area contributed by atoms with Crippen LogP contribution in [-0.4, -0.2) is 17.1 Å². The Bertz CT molecular complexity index is 762. The summed E-state index contributed by atoms with van der Waals surface area (Å²) in [5, 5.41) is 0.585. The minimum absolute atomic E-state index is 0.131. The fourth-order valence-electron chi connectivity index (χ4n) is 2.45. The van der Waals surface area contributed by atoms with Crippen LogP contribution in [0.1, 0.15) is 30.1 Å². The zero-order chi connectivity index (χ0) is 15.0. The van der Waals surface area contributed by atoms with E-state index in [1.54, 1.807) is 19.2 Å². The van der Waals surface area contributed by atoms with E-state index in [2.05, 4.69) is 22.6 Å². The second-order valence-electron chi connectivity index (χ2n) is 5.35. The molecule has 0 bridgehead atoms. The van der Waals surface area contributed by atoms with Crippen molar-refractivity contribution in [2.24, 2.45) is 5.92 Å². The lowest BCUT2D eigenvalue weighted by atomic mass is 10.1. The first-order valence-corrected chi connectivity index (χ1v) is 8.18. The Kier molecular flexibility index (Phi) is 4.01. The summed E-state index contributed by atoms with van der Waals surface area (Å²) in [4.78, 5) is 24.5. The predicted octanol–water partition coefficient (Wildman–Crippen LogP) is 3.19. The van der Waals surface area contributed by atoms with Crippen molar-refractivity contribution in [3.05, 3.63) is 43.8 Å². The lowest BCUT2D eigenvalue weighted by molar-refractivity contribution is 0.0524. The van der Waals surface area contributed by atoms with Crippen LogP contribution in [0.5, 0.6) is 0 Å². The van der Waals surface area contributed by atoms with Crippen molar-refractivity contribution < 1.29 is 9.53 Å². The smallest absolute Gasteiger partial charge is 0.343 e. The van der Waals surface area contributed by atoms with Gasteiger partial charge in [0.15, 0.2) is 0 Å². The van der Waals surface area contributed by atoms with E-state index in [0.29, 0.717) is 11.3 Å². The molecule has 4 nitrogen and oxygen atoms in total. The summed E-state index contributed by atoms with van der Waals surface area (Å²) in [6.07, 6.45) is 4.09. The van der Waals surface area contributed by atoms with Crippen LogP contribution in [0.4, 0.5) is 0 Å². The molecule has 0 N–H and O–H groups in total. The number of fused-ring (bicyclic) bond motifs is 1. The molecule has 3 rings (SSSR count). The summed E-state index contributed by atoms with van der Waals surface area (Å²) >= 11 is 2.23. The third kappa shape index (κ3) is 2.97. The van der Waals surface area contributed by atoms with E-state index in [0.717, 1.165) is 15.6 Å². The van der Waals surface area contributed by atoms with Crippen molar-refractivity contribution in [2.45, 2.75) is 26.3 Å². The number of esters is 1. The lowest BCUT2D eigenvalue weighted by Crippen LogP contribution is -2.21. The van der Waals surface area contributed by atoms with Crippen molar-refractivity contribution in [3.63, 3.8) is 0 Å². The number of halogens is 1. The van der Waals surface area contributed by atoms with Crippen molar-refractivity contribution in [1.82, 2.24) is 4.57 Å². The lowest BCUT2D eigenvalue weighted by Gasteiger charge is -2.13.